The molecule has 2 N–H and O–H groups in total. The average molecular weight is 401 g/mol. The summed E-state index contributed by atoms with van der Waals surface area (Å²) in [6.45, 7) is 8.22. The van der Waals surface area contributed by atoms with Gasteiger partial charge in [-0.05, 0) is 45.8 Å². The number of aliphatic imine (C=N–C) groups is 1. The van der Waals surface area contributed by atoms with Gasteiger partial charge in [0.1, 0.15) is 5.75 Å². The van der Waals surface area contributed by atoms with E-state index in [0.29, 0.717) is 31.2 Å². The fraction of sp³-hybridized carbons (Fsp3) is 0.571. The maximum Gasteiger partial charge on any atom is 0.228 e. The average Bonchev–Trinajstić information content (AvgIpc) is 3.40. The largest absolute Gasteiger partial charge is 0.496 e. The lowest BCUT2D eigenvalue weighted by molar-refractivity contribution is 0.245. The summed E-state index contributed by atoms with van der Waals surface area (Å²) in [6.07, 6.45) is 3.13. The van der Waals surface area contributed by atoms with Crippen LogP contribution in [-0.2, 0) is 6.42 Å². The molecule has 1 fully saturated rings. The standard InChI is InChI=1S/C21H32N6O2/c1-4-22-21(23-12-11-20-25-16(2)26-29-20)24-15-18(27-13-7-8-14-27)17-9-5-6-10-19(17)28-3/h5-6,9-10,18H,4,7-8,11-15H2,1-3H3,(H2,22,23,24). The van der Waals surface area contributed by atoms with Gasteiger partial charge in [0.15, 0.2) is 11.8 Å². The summed E-state index contributed by atoms with van der Waals surface area (Å²) in [4.78, 5) is 11.6. The number of methoxy groups -OCH3 is 1. The molecule has 3 rings (SSSR count). The summed E-state index contributed by atoms with van der Waals surface area (Å²) in [6, 6.07) is 8.45. The fourth-order valence-electron chi connectivity index (χ4n) is 3.65. The second kappa shape index (κ2) is 10.8. The van der Waals surface area contributed by atoms with Gasteiger partial charge in [0.25, 0.3) is 0 Å². The lowest BCUT2D eigenvalue weighted by atomic mass is 10.0. The number of hydrogen-bond acceptors (Lipinski definition) is 6. The molecule has 8 nitrogen and oxygen atoms in total. The molecule has 1 aromatic carbocycles. The highest BCUT2D eigenvalue weighted by molar-refractivity contribution is 5.79. The summed E-state index contributed by atoms with van der Waals surface area (Å²) in [7, 11) is 1.73. The van der Waals surface area contributed by atoms with Crippen LogP contribution in [0.3, 0.4) is 0 Å². The summed E-state index contributed by atoms with van der Waals surface area (Å²) in [5.74, 6) is 3.01. The van der Waals surface area contributed by atoms with Gasteiger partial charge >= 0.3 is 0 Å². The molecular formula is C21H32N6O2. The molecule has 1 unspecified atom stereocenters. The Bertz CT molecular complexity index is 785. The van der Waals surface area contributed by atoms with Crippen LogP contribution in [0.25, 0.3) is 0 Å². The van der Waals surface area contributed by atoms with Gasteiger partial charge in [0, 0.05) is 25.1 Å². The van der Waals surface area contributed by atoms with Gasteiger partial charge in [-0.2, -0.15) is 4.98 Å². The number of likely N-dealkylation sites (tertiary alicyclic amines) is 1. The van der Waals surface area contributed by atoms with Crippen molar-refractivity contribution in [2.75, 3.05) is 39.8 Å². The Morgan fingerprint density at radius 1 is 1.28 bits per heavy atom. The molecule has 0 radical (unpaired) electrons. The Hall–Kier alpha value is -2.61. The maximum atomic E-state index is 5.63. The molecule has 1 atom stereocenters. The van der Waals surface area contributed by atoms with E-state index in [1.165, 1.54) is 18.4 Å². The minimum absolute atomic E-state index is 0.197. The van der Waals surface area contributed by atoms with E-state index in [9.17, 15) is 0 Å². The first-order valence-electron chi connectivity index (χ1n) is 10.4. The number of rotatable bonds is 9. The molecule has 1 saturated heterocycles. The van der Waals surface area contributed by atoms with Crippen LogP contribution in [-0.4, -0.2) is 60.8 Å². The quantitative estimate of drug-likeness (QED) is 0.493. The Morgan fingerprint density at radius 2 is 2.07 bits per heavy atom. The van der Waals surface area contributed by atoms with E-state index in [1.807, 2.05) is 19.1 Å². The van der Waals surface area contributed by atoms with Crippen molar-refractivity contribution < 1.29 is 9.26 Å². The topological polar surface area (TPSA) is 87.8 Å². The van der Waals surface area contributed by atoms with Crippen molar-refractivity contribution in [3.63, 3.8) is 0 Å². The molecule has 29 heavy (non-hydrogen) atoms. The molecular weight excluding hydrogens is 368 g/mol. The summed E-state index contributed by atoms with van der Waals surface area (Å²) in [5.41, 5.74) is 1.19. The third-order valence-electron chi connectivity index (χ3n) is 5.05. The summed E-state index contributed by atoms with van der Waals surface area (Å²) < 4.78 is 10.8. The monoisotopic (exact) mass is 400 g/mol. The highest BCUT2D eigenvalue weighted by Gasteiger charge is 2.25. The van der Waals surface area contributed by atoms with E-state index >= 15 is 0 Å². The Kier molecular flexibility index (Phi) is 7.86. The number of ether oxygens (including phenoxy) is 1. The smallest absolute Gasteiger partial charge is 0.228 e. The second-order valence-corrected chi connectivity index (χ2v) is 7.13. The predicted molar refractivity (Wildman–Crippen MR) is 113 cm³/mol. The highest BCUT2D eigenvalue weighted by atomic mass is 16.5. The zero-order valence-corrected chi connectivity index (χ0v) is 17.6. The third kappa shape index (κ3) is 5.93. The molecule has 2 heterocycles. The first-order chi connectivity index (χ1) is 14.2. The van der Waals surface area contributed by atoms with Crippen LogP contribution in [0.5, 0.6) is 5.75 Å². The third-order valence-corrected chi connectivity index (χ3v) is 5.05. The van der Waals surface area contributed by atoms with Gasteiger partial charge in [0.2, 0.25) is 5.89 Å². The number of para-hydroxylation sites is 1. The molecule has 1 aromatic heterocycles. The maximum absolute atomic E-state index is 5.63. The molecule has 1 aliphatic rings. The minimum atomic E-state index is 0.197. The lowest BCUT2D eigenvalue weighted by Gasteiger charge is -2.28. The molecule has 1 aliphatic heterocycles. The van der Waals surface area contributed by atoms with Crippen molar-refractivity contribution in [2.24, 2.45) is 4.99 Å². The van der Waals surface area contributed by atoms with E-state index in [1.54, 1.807) is 7.11 Å². The van der Waals surface area contributed by atoms with Crippen LogP contribution in [0, 0.1) is 6.92 Å². The van der Waals surface area contributed by atoms with Crippen molar-refractivity contribution in [3.8, 4) is 5.75 Å². The molecule has 0 spiro atoms. The van der Waals surface area contributed by atoms with Crippen molar-refractivity contribution in [2.45, 2.75) is 39.2 Å². The SMILES string of the molecule is CCNC(=NCC(c1ccccc1OC)N1CCCC1)NCCc1nc(C)no1. The van der Waals surface area contributed by atoms with Gasteiger partial charge in [-0.25, -0.2) is 0 Å². The molecule has 0 amide bonds. The van der Waals surface area contributed by atoms with Crippen molar-refractivity contribution >= 4 is 5.96 Å². The van der Waals surface area contributed by atoms with E-state index < -0.39 is 0 Å². The Morgan fingerprint density at radius 3 is 2.76 bits per heavy atom. The van der Waals surface area contributed by atoms with Crippen molar-refractivity contribution in [3.05, 3.63) is 41.5 Å². The fourth-order valence-corrected chi connectivity index (χ4v) is 3.65. The molecule has 0 bridgehead atoms. The zero-order chi connectivity index (χ0) is 20.5. The first kappa shape index (κ1) is 21.1. The van der Waals surface area contributed by atoms with Crippen molar-refractivity contribution in [1.29, 1.82) is 0 Å². The van der Waals surface area contributed by atoms with E-state index in [2.05, 4.69) is 44.7 Å². The number of benzene rings is 1. The molecule has 0 aliphatic carbocycles. The number of nitrogens with zero attached hydrogens (tertiary/aromatic N) is 4. The Balaban J connectivity index is 1.68. The van der Waals surface area contributed by atoms with E-state index in [-0.39, 0.29) is 6.04 Å². The normalized spacial score (nSPS) is 16.0. The van der Waals surface area contributed by atoms with Gasteiger partial charge in [0.05, 0.1) is 19.7 Å². The number of aryl methyl sites for hydroxylation is 1. The number of guanidine groups is 1. The van der Waals surface area contributed by atoms with Crippen LogP contribution in [0.2, 0.25) is 0 Å². The minimum Gasteiger partial charge on any atom is -0.496 e. The highest BCUT2D eigenvalue weighted by Crippen LogP contribution is 2.31. The van der Waals surface area contributed by atoms with Crippen LogP contribution >= 0.6 is 0 Å². The van der Waals surface area contributed by atoms with Gasteiger partial charge < -0.3 is 19.9 Å². The number of hydrogen-bond donors (Lipinski definition) is 2. The van der Waals surface area contributed by atoms with Crippen molar-refractivity contribution in [1.82, 2.24) is 25.7 Å². The molecule has 158 valence electrons. The van der Waals surface area contributed by atoms with E-state index in [4.69, 9.17) is 14.3 Å². The predicted octanol–water partition coefficient (Wildman–Crippen LogP) is 2.32. The van der Waals surface area contributed by atoms with Crippen LogP contribution in [0.4, 0.5) is 0 Å². The first-order valence-corrected chi connectivity index (χ1v) is 10.4. The molecule has 2 aromatic rings. The van der Waals surface area contributed by atoms with Gasteiger partial charge in [-0.3, -0.25) is 9.89 Å². The number of aromatic nitrogens is 2. The van der Waals surface area contributed by atoms with Crippen LogP contribution < -0.4 is 15.4 Å². The zero-order valence-electron chi connectivity index (χ0n) is 17.6. The molecule has 8 heteroatoms. The Labute approximate surface area is 172 Å². The van der Waals surface area contributed by atoms with Crippen LogP contribution in [0.15, 0.2) is 33.8 Å². The van der Waals surface area contributed by atoms with Gasteiger partial charge in [-0.15, -0.1) is 0 Å². The van der Waals surface area contributed by atoms with E-state index in [0.717, 1.165) is 31.3 Å². The molecule has 0 saturated carbocycles. The number of nitrogens with one attached hydrogen (secondary N) is 2. The van der Waals surface area contributed by atoms with Gasteiger partial charge in [-0.1, -0.05) is 23.4 Å². The van der Waals surface area contributed by atoms with Crippen LogP contribution in [0.1, 0.15) is 43.1 Å². The lowest BCUT2D eigenvalue weighted by Crippen LogP contribution is -2.39. The summed E-state index contributed by atoms with van der Waals surface area (Å²) >= 11 is 0. The second-order valence-electron chi connectivity index (χ2n) is 7.13. The summed E-state index contributed by atoms with van der Waals surface area (Å²) in [5, 5.41) is 10.5.